The highest BCUT2D eigenvalue weighted by Crippen LogP contribution is 2.10. The van der Waals surface area contributed by atoms with Gasteiger partial charge in [-0.3, -0.25) is 4.79 Å². The van der Waals surface area contributed by atoms with Gasteiger partial charge in [0.2, 0.25) is 5.91 Å². The lowest BCUT2D eigenvalue weighted by Crippen LogP contribution is -2.49. The van der Waals surface area contributed by atoms with Crippen molar-refractivity contribution in [3.8, 4) is 0 Å². The van der Waals surface area contributed by atoms with Gasteiger partial charge in [0.25, 0.3) is 0 Å². The van der Waals surface area contributed by atoms with Crippen molar-refractivity contribution in [3.63, 3.8) is 0 Å². The molecule has 1 aliphatic heterocycles. The first kappa shape index (κ1) is 12.8. The fraction of sp³-hybridized carbons (Fsp3) is 0.385. The zero-order valence-corrected chi connectivity index (χ0v) is 11.2. The molecule has 0 radical (unpaired) electrons. The second kappa shape index (κ2) is 5.82. The Morgan fingerprint density at radius 3 is 2.78 bits per heavy atom. The standard InChI is InChI=1S/C13H17N3OS/c1-16-9-11(7-8-12(16)17)15-13(18)14-10-5-3-2-4-6-10/h2-6,11H,7-9H2,1H3,(H2,14,15,18). The van der Waals surface area contributed by atoms with Crippen LogP contribution in [0.1, 0.15) is 12.8 Å². The van der Waals surface area contributed by atoms with Crippen LogP contribution in [0.4, 0.5) is 5.69 Å². The predicted molar refractivity (Wildman–Crippen MR) is 76.5 cm³/mol. The normalized spacial score (nSPS) is 19.5. The first-order valence-corrected chi connectivity index (χ1v) is 6.42. The first-order chi connectivity index (χ1) is 8.65. The van der Waals surface area contributed by atoms with E-state index in [4.69, 9.17) is 12.2 Å². The Kier molecular flexibility index (Phi) is 4.15. The summed E-state index contributed by atoms with van der Waals surface area (Å²) in [6, 6.07) is 10.0. The summed E-state index contributed by atoms with van der Waals surface area (Å²) in [7, 11) is 1.82. The first-order valence-electron chi connectivity index (χ1n) is 6.01. The van der Waals surface area contributed by atoms with E-state index >= 15 is 0 Å². The highest BCUT2D eigenvalue weighted by Gasteiger charge is 2.22. The number of para-hydroxylation sites is 1. The van der Waals surface area contributed by atoms with Gasteiger partial charge in [-0.1, -0.05) is 18.2 Å². The van der Waals surface area contributed by atoms with Gasteiger partial charge < -0.3 is 15.5 Å². The fourth-order valence-electron chi connectivity index (χ4n) is 2.00. The van der Waals surface area contributed by atoms with Gasteiger partial charge in [-0.25, -0.2) is 0 Å². The molecule has 0 saturated carbocycles. The molecule has 0 aromatic heterocycles. The SMILES string of the molecule is CN1CC(NC(=S)Nc2ccccc2)CCC1=O. The van der Waals surface area contributed by atoms with Crippen LogP contribution < -0.4 is 10.6 Å². The lowest BCUT2D eigenvalue weighted by Gasteiger charge is -2.30. The maximum atomic E-state index is 11.4. The number of hydrogen-bond acceptors (Lipinski definition) is 2. The molecular formula is C13H17N3OS. The summed E-state index contributed by atoms with van der Waals surface area (Å²) in [4.78, 5) is 13.1. The molecule has 4 nitrogen and oxygen atoms in total. The Hall–Kier alpha value is -1.62. The van der Waals surface area contributed by atoms with Crippen molar-refractivity contribution < 1.29 is 4.79 Å². The minimum absolute atomic E-state index is 0.204. The summed E-state index contributed by atoms with van der Waals surface area (Å²) in [6.45, 7) is 0.704. The molecule has 1 aromatic rings. The molecule has 1 unspecified atom stereocenters. The second-order valence-corrected chi connectivity index (χ2v) is 4.88. The number of piperidine rings is 1. The number of nitrogens with one attached hydrogen (secondary N) is 2. The molecule has 5 heteroatoms. The van der Waals surface area contributed by atoms with E-state index in [-0.39, 0.29) is 11.9 Å². The Labute approximate surface area is 112 Å². The summed E-state index contributed by atoms with van der Waals surface area (Å²) < 4.78 is 0. The molecular weight excluding hydrogens is 246 g/mol. The molecule has 1 saturated heterocycles. The number of likely N-dealkylation sites (tertiary alicyclic amines) is 1. The third-order valence-electron chi connectivity index (χ3n) is 2.99. The zero-order chi connectivity index (χ0) is 13.0. The molecule has 1 fully saturated rings. The van der Waals surface area contributed by atoms with Gasteiger partial charge >= 0.3 is 0 Å². The van der Waals surface area contributed by atoms with Crippen molar-refractivity contribution in [1.82, 2.24) is 10.2 Å². The molecule has 0 aliphatic carbocycles. The summed E-state index contributed by atoms with van der Waals surface area (Å²) in [6.07, 6.45) is 1.42. The largest absolute Gasteiger partial charge is 0.358 e. The maximum absolute atomic E-state index is 11.4. The number of hydrogen-bond donors (Lipinski definition) is 2. The van der Waals surface area contributed by atoms with Crippen molar-refractivity contribution >= 4 is 28.9 Å². The second-order valence-electron chi connectivity index (χ2n) is 4.47. The molecule has 96 valence electrons. The van der Waals surface area contributed by atoms with Gasteiger partial charge in [-0.05, 0) is 30.8 Å². The van der Waals surface area contributed by atoms with Crippen molar-refractivity contribution in [1.29, 1.82) is 0 Å². The third-order valence-corrected chi connectivity index (χ3v) is 3.21. The minimum Gasteiger partial charge on any atom is -0.358 e. The molecule has 0 spiro atoms. The van der Waals surface area contributed by atoms with Crippen molar-refractivity contribution in [3.05, 3.63) is 30.3 Å². The lowest BCUT2D eigenvalue weighted by atomic mass is 10.1. The third kappa shape index (κ3) is 3.43. The molecule has 2 rings (SSSR count). The van der Waals surface area contributed by atoms with Crippen LogP contribution in [-0.4, -0.2) is 35.6 Å². The van der Waals surface area contributed by atoms with Crippen molar-refractivity contribution in [2.75, 3.05) is 18.9 Å². The fourth-order valence-corrected chi connectivity index (χ4v) is 2.29. The topological polar surface area (TPSA) is 44.4 Å². The van der Waals surface area contributed by atoms with Gasteiger partial charge in [-0.15, -0.1) is 0 Å². The molecule has 1 heterocycles. The van der Waals surface area contributed by atoms with Crippen LogP contribution in [0.15, 0.2) is 30.3 Å². The molecule has 1 aliphatic rings. The van der Waals surface area contributed by atoms with Crippen LogP contribution in [0.5, 0.6) is 0 Å². The van der Waals surface area contributed by atoms with Gasteiger partial charge in [0, 0.05) is 31.7 Å². The number of carbonyl (C=O) groups is 1. The van der Waals surface area contributed by atoms with E-state index in [0.29, 0.717) is 18.1 Å². The summed E-state index contributed by atoms with van der Waals surface area (Å²) in [5.74, 6) is 0.204. The molecule has 18 heavy (non-hydrogen) atoms. The highest BCUT2D eigenvalue weighted by molar-refractivity contribution is 7.80. The minimum atomic E-state index is 0.204. The van der Waals surface area contributed by atoms with Gasteiger partial charge in [-0.2, -0.15) is 0 Å². The number of amides is 1. The van der Waals surface area contributed by atoms with Crippen molar-refractivity contribution in [2.24, 2.45) is 0 Å². The van der Waals surface area contributed by atoms with Gasteiger partial charge in [0.15, 0.2) is 5.11 Å². The summed E-state index contributed by atoms with van der Waals surface area (Å²) >= 11 is 5.26. The monoisotopic (exact) mass is 263 g/mol. The number of nitrogens with zero attached hydrogens (tertiary/aromatic N) is 1. The van der Waals surface area contributed by atoms with Crippen LogP contribution in [0, 0.1) is 0 Å². The van der Waals surface area contributed by atoms with E-state index in [1.807, 2.05) is 37.4 Å². The molecule has 1 atom stereocenters. The number of anilines is 1. The summed E-state index contributed by atoms with van der Waals surface area (Å²) in [5.41, 5.74) is 0.968. The van der Waals surface area contributed by atoms with Crippen LogP contribution >= 0.6 is 12.2 Å². The Morgan fingerprint density at radius 2 is 2.11 bits per heavy atom. The Bertz CT molecular complexity index is 435. The van der Waals surface area contributed by atoms with Gasteiger partial charge in [0.1, 0.15) is 0 Å². The predicted octanol–water partition coefficient (Wildman–Crippen LogP) is 1.59. The van der Waals surface area contributed by atoms with Crippen LogP contribution in [0.25, 0.3) is 0 Å². The van der Waals surface area contributed by atoms with Crippen molar-refractivity contribution in [2.45, 2.75) is 18.9 Å². The average Bonchev–Trinajstić information content (AvgIpc) is 2.35. The molecule has 2 N–H and O–H groups in total. The van der Waals surface area contributed by atoms with E-state index in [1.165, 1.54) is 0 Å². The number of likely N-dealkylation sites (N-methyl/N-ethyl adjacent to an activating group) is 1. The van der Waals surface area contributed by atoms with E-state index in [2.05, 4.69) is 10.6 Å². The molecule has 0 bridgehead atoms. The van der Waals surface area contributed by atoms with Crippen LogP contribution in [0.2, 0.25) is 0 Å². The van der Waals surface area contributed by atoms with E-state index in [1.54, 1.807) is 4.90 Å². The number of benzene rings is 1. The maximum Gasteiger partial charge on any atom is 0.222 e. The highest BCUT2D eigenvalue weighted by atomic mass is 32.1. The molecule has 1 amide bonds. The lowest BCUT2D eigenvalue weighted by molar-refractivity contribution is -0.132. The average molecular weight is 263 g/mol. The smallest absolute Gasteiger partial charge is 0.222 e. The number of rotatable bonds is 2. The summed E-state index contributed by atoms with van der Waals surface area (Å²) in [5, 5.41) is 6.98. The van der Waals surface area contributed by atoms with E-state index < -0.39 is 0 Å². The molecule has 1 aromatic carbocycles. The Balaban J connectivity index is 1.83. The van der Waals surface area contributed by atoms with E-state index in [0.717, 1.165) is 12.1 Å². The quantitative estimate of drug-likeness (QED) is 0.795. The van der Waals surface area contributed by atoms with Crippen LogP contribution in [-0.2, 0) is 4.79 Å². The van der Waals surface area contributed by atoms with Gasteiger partial charge in [0.05, 0.1) is 0 Å². The number of thiocarbonyl (C=S) groups is 1. The van der Waals surface area contributed by atoms with E-state index in [9.17, 15) is 4.79 Å². The Morgan fingerprint density at radius 1 is 1.39 bits per heavy atom. The van der Waals surface area contributed by atoms with Crippen LogP contribution in [0.3, 0.4) is 0 Å². The zero-order valence-electron chi connectivity index (χ0n) is 10.3. The number of carbonyl (C=O) groups excluding carboxylic acids is 1.